The third-order valence-corrected chi connectivity index (χ3v) is 4.61. The number of hydrogen-bond donors (Lipinski definition) is 0. The number of amides is 2. The summed E-state index contributed by atoms with van der Waals surface area (Å²) < 4.78 is 1.56. The molecule has 6 heteroatoms. The lowest BCUT2D eigenvalue weighted by molar-refractivity contribution is -0.938. The highest BCUT2D eigenvalue weighted by molar-refractivity contribution is 5.77. The Labute approximate surface area is 129 Å². The van der Waals surface area contributed by atoms with Crippen molar-refractivity contribution < 1.29 is 18.6 Å². The average Bonchev–Trinajstić information content (AvgIpc) is 2.49. The van der Waals surface area contributed by atoms with Gasteiger partial charge >= 0.3 is 0 Å². The first-order valence-electron chi connectivity index (χ1n) is 7.64. The van der Waals surface area contributed by atoms with Crippen molar-refractivity contribution in [3.63, 3.8) is 0 Å². The van der Waals surface area contributed by atoms with Crippen LogP contribution in [0.2, 0.25) is 0 Å². The molecule has 0 N–H and O–H groups in total. The lowest BCUT2D eigenvalue weighted by Gasteiger charge is -2.35. The monoisotopic (exact) mass is 300 g/mol. The van der Waals surface area contributed by atoms with E-state index in [1.807, 2.05) is 28.2 Å². The van der Waals surface area contributed by atoms with Gasteiger partial charge in [-0.15, -0.1) is 0 Å². The van der Waals surface area contributed by atoms with E-state index in [-0.39, 0.29) is 11.8 Å². The summed E-state index contributed by atoms with van der Waals surface area (Å²) >= 11 is 0. The maximum Gasteiger partial charge on any atom is 0.277 e. The van der Waals surface area contributed by atoms with E-state index in [0.29, 0.717) is 13.1 Å². The van der Waals surface area contributed by atoms with Crippen molar-refractivity contribution in [3.05, 3.63) is 0 Å². The third kappa shape index (κ3) is 5.28. The normalized spacial score (nSPS) is 29.6. The SMILES string of the molecule is CN(C)C(=O)C[N+]1(C)CCC[N+](C)(CC(=O)N(C)C)CC1. The molecule has 0 saturated carbocycles. The van der Waals surface area contributed by atoms with Crippen molar-refractivity contribution in [2.75, 3.05) is 81.6 Å². The van der Waals surface area contributed by atoms with E-state index in [9.17, 15) is 9.59 Å². The van der Waals surface area contributed by atoms with Crippen LogP contribution in [-0.4, -0.2) is 112 Å². The Morgan fingerprint density at radius 3 is 1.38 bits per heavy atom. The van der Waals surface area contributed by atoms with Crippen LogP contribution in [-0.2, 0) is 9.59 Å². The first kappa shape index (κ1) is 17.9. The Morgan fingerprint density at radius 2 is 1.10 bits per heavy atom. The molecule has 0 aromatic carbocycles. The molecule has 0 aliphatic carbocycles. The summed E-state index contributed by atoms with van der Waals surface area (Å²) in [6, 6.07) is 0. The first-order valence-corrected chi connectivity index (χ1v) is 7.64. The number of likely N-dealkylation sites (N-methyl/N-ethyl adjacent to an activating group) is 4. The molecule has 1 aliphatic heterocycles. The molecule has 6 nitrogen and oxygen atoms in total. The van der Waals surface area contributed by atoms with E-state index < -0.39 is 0 Å². The highest BCUT2D eigenvalue weighted by Crippen LogP contribution is 2.16. The second-order valence-electron chi connectivity index (χ2n) is 7.38. The van der Waals surface area contributed by atoms with E-state index in [0.717, 1.165) is 41.6 Å². The van der Waals surface area contributed by atoms with Crippen LogP contribution in [0.25, 0.3) is 0 Å². The number of hydrogen-bond acceptors (Lipinski definition) is 2. The number of rotatable bonds is 4. The van der Waals surface area contributed by atoms with Gasteiger partial charge in [-0.1, -0.05) is 0 Å². The first-order chi connectivity index (χ1) is 9.57. The standard InChI is InChI=1S/C15H32N4O2/c1-16(2)14(20)12-18(5)8-7-9-19(6,11-10-18)13-15(21)17(3)4/h7-13H2,1-6H3/q+2. The fraction of sp³-hybridized carbons (Fsp3) is 0.867. The lowest BCUT2D eigenvalue weighted by atomic mass is 10.3. The molecule has 1 rings (SSSR count). The average molecular weight is 300 g/mol. The summed E-state index contributed by atoms with van der Waals surface area (Å²) in [4.78, 5) is 27.3. The molecule has 2 unspecified atom stereocenters. The van der Waals surface area contributed by atoms with Crippen LogP contribution < -0.4 is 0 Å². The fourth-order valence-corrected chi connectivity index (χ4v) is 2.79. The van der Waals surface area contributed by atoms with Gasteiger partial charge in [-0.05, 0) is 0 Å². The molecule has 0 aromatic rings. The molecule has 1 saturated heterocycles. The van der Waals surface area contributed by atoms with Gasteiger partial charge in [0.1, 0.15) is 13.1 Å². The van der Waals surface area contributed by atoms with E-state index >= 15 is 0 Å². The minimum atomic E-state index is 0.179. The number of nitrogens with zero attached hydrogens (tertiary/aromatic N) is 4. The molecule has 2 amide bonds. The predicted octanol–water partition coefficient (Wildman–Crippen LogP) is -0.540. The van der Waals surface area contributed by atoms with E-state index in [1.54, 1.807) is 9.80 Å². The minimum absolute atomic E-state index is 0.179. The zero-order valence-electron chi connectivity index (χ0n) is 14.6. The van der Waals surface area contributed by atoms with Crippen LogP contribution in [0.1, 0.15) is 6.42 Å². The van der Waals surface area contributed by atoms with Gasteiger partial charge in [0, 0.05) is 34.6 Å². The van der Waals surface area contributed by atoms with Crippen molar-refractivity contribution in [1.82, 2.24) is 9.80 Å². The number of carbonyl (C=O) groups is 2. The highest BCUT2D eigenvalue weighted by atomic mass is 16.2. The van der Waals surface area contributed by atoms with Gasteiger partial charge in [0.25, 0.3) is 11.8 Å². The van der Waals surface area contributed by atoms with Gasteiger partial charge in [-0.2, -0.15) is 0 Å². The maximum absolute atomic E-state index is 12.0. The van der Waals surface area contributed by atoms with Gasteiger partial charge in [0.05, 0.1) is 27.2 Å². The molecule has 2 atom stereocenters. The topological polar surface area (TPSA) is 40.6 Å². The zero-order chi connectivity index (χ0) is 16.3. The number of quaternary nitrogens is 2. The van der Waals surface area contributed by atoms with Crippen LogP contribution in [0.5, 0.6) is 0 Å². The van der Waals surface area contributed by atoms with Crippen molar-refractivity contribution in [2.24, 2.45) is 0 Å². The van der Waals surface area contributed by atoms with Crippen molar-refractivity contribution in [3.8, 4) is 0 Å². The summed E-state index contributed by atoms with van der Waals surface area (Å²) in [7, 11) is 11.5. The lowest BCUT2D eigenvalue weighted by Crippen LogP contribution is -2.55. The predicted molar refractivity (Wildman–Crippen MR) is 83.6 cm³/mol. The van der Waals surface area contributed by atoms with Crippen molar-refractivity contribution >= 4 is 11.8 Å². The van der Waals surface area contributed by atoms with Crippen LogP contribution >= 0.6 is 0 Å². The van der Waals surface area contributed by atoms with E-state index in [2.05, 4.69) is 14.1 Å². The molecule has 0 radical (unpaired) electrons. The smallest absolute Gasteiger partial charge is 0.277 e. The third-order valence-electron chi connectivity index (χ3n) is 4.61. The molecule has 0 aromatic heterocycles. The summed E-state index contributed by atoms with van der Waals surface area (Å²) in [5, 5.41) is 0. The Balaban J connectivity index is 2.68. The van der Waals surface area contributed by atoms with Crippen molar-refractivity contribution in [2.45, 2.75) is 6.42 Å². The molecule has 1 aliphatic rings. The molecule has 1 fully saturated rings. The summed E-state index contributed by atoms with van der Waals surface area (Å²) in [5.74, 6) is 0.357. The highest BCUT2D eigenvalue weighted by Gasteiger charge is 2.36. The van der Waals surface area contributed by atoms with Gasteiger partial charge in [-0.25, -0.2) is 0 Å². The maximum atomic E-state index is 12.0. The van der Waals surface area contributed by atoms with E-state index in [1.165, 1.54) is 0 Å². The summed E-state index contributed by atoms with van der Waals surface area (Å²) in [6.45, 7) is 4.99. The summed E-state index contributed by atoms with van der Waals surface area (Å²) in [6.07, 6.45) is 1.05. The van der Waals surface area contributed by atoms with Gasteiger partial charge in [-0.3, -0.25) is 9.59 Å². The molecule has 1 heterocycles. The number of carbonyl (C=O) groups excluding carboxylic acids is 2. The van der Waals surface area contributed by atoms with Crippen LogP contribution in [0.15, 0.2) is 0 Å². The minimum Gasteiger partial charge on any atom is -0.344 e. The van der Waals surface area contributed by atoms with Gasteiger partial charge in [0.2, 0.25) is 0 Å². The van der Waals surface area contributed by atoms with Gasteiger partial charge in [0.15, 0.2) is 13.1 Å². The Morgan fingerprint density at radius 1 is 0.762 bits per heavy atom. The Kier molecular flexibility index (Phi) is 5.75. The second-order valence-corrected chi connectivity index (χ2v) is 7.38. The van der Waals surface area contributed by atoms with E-state index in [4.69, 9.17) is 0 Å². The Hall–Kier alpha value is -1.14. The van der Waals surface area contributed by atoms with Crippen LogP contribution in [0.4, 0.5) is 0 Å². The molecular weight excluding hydrogens is 268 g/mol. The second kappa shape index (κ2) is 6.75. The molecule has 0 bridgehead atoms. The Bertz CT molecular complexity index is 361. The quantitative estimate of drug-likeness (QED) is 0.654. The molecule has 21 heavy (non-hydrogen) atoms. The molecule has 0 spiro atoms. The van der Waals surface area contributed by atoms with Crippen molar-refractivity contribution in [1.29, 1.82) is 0 Å². The van der Waals surface area contributed by atoms with Gasteiger partial charge < -0.3 is 18.8 Å². The van der Waals surface area contributed by atoms with Crippen LogP contribution in [0.3, 0.4) is 0 Å². The molecule has 122 valence electrons. The summed E-state index contributed by atoms with van der Waals surface area (Å²) in [5.41, 5.74) is 0. The fourth-order valence-electron chi connectivity index (χ4n) is 2.79. The van der Waals surface area contributed by atoms with Crippen LogP contribution in [0, 0.1) is 0 Å². The molecular formula is C15H32N4O2+2. The largest absolute Gasteiger partial charge is 0.344 e. The zero-order valence-corrected chi connectivity index (χ0v) is 14.6.